The van der Waals surface area contributed by atoms with Crippen molar-refractivity contribution < 1.29 is 0 Å². The Hall–Kier alpha value is -0.780. The highest BCUT2D eigenvalue weighted by atomic mass is 14.2. The maximum absolute atomic E-state index is 3.94. The van der Waals surface area contributed by atoms with Gasteiger partial charge in [-0.3, -0.25) is 0 Å². The molecule has 0 aliphatic heterocycles. The monoisotopic (exact) mass is 204 g/mol. The summed E-state index contributed by atoms with van der Waals surface area (Å²) in [7, 11) is 0. The molecule has 0 amide bonds. The van der Waals surface area contributed by atoms with Crippen molar-refractivity contribution in [3.63, 3.8) is 0 Å². The lowest BCUT2D eigenvalue weighted by Gasteiger charge is -2.21. The van der Waals surface area contributed by atoms with E-state index in [0.29, 0.717) is 0 Å². The summed E-state index contributed by atoms with van der Waals surface area (Å²) in [5.41, 5.74) is 4.44. The van der Waals surface area contributed by atoms with Crippen LogP contribution in [-0.2, 0) is 0 Å². The summed E-state index contributed by atoms with van der Waals surface area (Å²) in [5, 5.41) is 0. The van der Waals surface area contributed by atoms with Crippen LogP contribution in [0.25, 0.3) is 0 Å². The molecule has 0 bridgehead atoms. The molecule has 0 heterocycles. The van der Waals surface area contributed by atoms with E-state index in [-0.39, 0.29) is 0 Å². The molecule has 1 aliphatic carbocycles. The van der Waals surface area contributed by atoms with Crippen LogP contribution in [0.2, 0.25) is 0 Å². The number of hydrogen-bond donors (Lipinski definition) is 0. The van der Waals surface area contributed by atoms with E-state index < -0.39 is 0 Å². The smallest absolute Gasteiger partial charge is 0.0168 e. The van der Waals surface area contributed by atoms with Crippen LogP contribution in [0.15, 0.2) is 35.5 Å². The summed E-state index contributed by atoms with van der Waals surface area (Å²) >= 11 is 0. The van der Waals surface area contributed by atoms with Crippen LogP contribution in [0.1, 0.15) is 52.9 Å². The van der Waals surface area contributed by atoms with Gasteiger partial charge in [0.2, 0.25) is 0 Å². The van der Waals surface area contributed by atoms with Crippen LogP contribution < -0.4 is 0 Å². The minimum Gasteiger partial charge on any atom is -0.100 e. The van der Waals surface area contributed by atoms with Crippen molar-refractivity contribution in [3.05, 3.63) is 35.5 Å². The Kier molecular flexibility index (Phi) is 4.87. The van der Waals surface area contributed by atoms with Crippen molar-refractivity contribution in [3.8, 4) is 0 Å². The second kappa shape index (κ2) is 5.95. The molecule has 0 N–H and O–H groups in total. The Balaban J connectivity index is 2.39. The fraction of sp³-hybridized carbons (Fsp3) is 0.600. The van der Waals surface area contributed by atoms with Crippen molar-refractivity contribution >= 4 is 0 Å². The molecule has 0 fully saturated rings. The molecule has 1 unspecified atom stereocenters. The average Bonchev–Trinajstić information content (AvgIpc) is 2.18. The van der Waals surface area contributed by atoms with Gasteiger partial charge in [0.25, 0.3) is 0 Å². The molecule has 0 saturated carbocycles. The fourth-order valence-corrected chi connectivity index (χ4v) is 2.09. The first kappa shape index (κ1) is 12.3. The third kappa shape index (κ3) is 4.51. The van der Waals surface area contributed by atoms with E-state index in [0.717, 1.165) is 12.3 Å². The van der Waals surface area contributed by atoms with E-state index >= 15 is 0 Å². The Morgan fingerprint density at radius 2 is 2.27 bits per heavy atom. The molecular formula is C15H24. The Bertz CT molecular complexity index is 278. The van der Waals surface area contributed by atoms with Crippen molar-refractivity contribution in [2.45, 2.75) is 52.9 Å². The highest BCUT2D eigenvalue weighted by molar-refractivity contribution is 5.13. The van der Waals surface area contributed by atoms with Crippen LogP contribution in [0, 0.1) is 5.92 Å². The standard InChI is InChI=1S/C15H24/c1-12(2)6-5-7-14(4)15-10-8-13(3)9-11-15/h7-8,15H,1,5-6,9-11H2,2-4H3. The minimum atomic E-state index is 0.804. The predicted molar refractivity (Wildman–Crippen MR) is 68.9 cm³/mol. The van der Waals surface area contributed by atoms with Gasteiger partial charge in [-0.25, -0.2) is 0 Å². The number of hydrogen-bond acceptors (Lipinski definition) is 0. The lowest BCUT2D eigenvalue weighted by molar-refractivity contribution is 0.536. The molecular weight excluding hydrogens is 180 g/mol. The molecule has 84 valence electrons. The highest BCUT2D eigenvalue weighted by Crippen LogP contribution is 2.29. The van der Waals surface area contributed by atoms with Crippen LogP contribution >= 0.6 is 0 Å². The van der Waals surface area contributed by atoms with Gasteiger partial charge in [-0.15, -0.1) is 6.58 Å². The van der Waals surface area contributed by atoms with Crippen LogP contribution in [0.4, 0.5) is 0 Å². The minimum absolute atomic E-state index is 0.804. The second-order valence-electron chi connectivity index (χ2n) is 4.97. The van der Waals surface area contributed by atoms with Crippen LogP contribution in [0.3, 0.4) is 0 Å². The zero-order valence-electron chi connectivity index (χ0n) is 10.5. The molecule has 0 spiro atoms. The largest absolute Gasteiger partial charge is 0.100 e. The van der Waals surface area contributed by atoms with Gasteiger partial charge in [0.05, 0.1) is 0 Å². The van der Waals surface area contributed by atoms with E-state index in [1.807, 2.05) is 0 Å². The van der Waals surface area contributed by atoms with Crippen LogP contribution in [0.5, 0.6) is 0 Å². The maximum Gasteiger partial charge on any atom is -0.0168 e. The summed E-state index contributed by atoms with van der Waals surface area (Å²) in [4.78, 5) is 0. The van der Waals surface area contributed by atoms with E-state index in [9.17, 15) is 0 Å². The van der Waals surface area contributed by atoms with Gasteiger partial charge < -0.3 is 0 Å². The maximum atomic E-state index is 3.94. The normalized spacial score (nSPS) is 22.5. The molecule has 0 nitrogen and oxygen atoms in total. The first-order chi connectivity index (χ1) is 7.09. The molecule has 15 heavy (non-hydrogen) atoms. The van der Waals surface area contributed by atoms with Gasteiger partial charge in [0.15, 0.2) is 0 Å². The van der Waals surface area contributed by atoms with Crippen molar-refractivity contribution in [1.82, 2.24) is 0 Å². The van der Waals surface area contributed by atoms with Gasteiger partial charge in [0, 0.05) is 0 Å². The average molecular weight is 204 g/mol. The van der Waals surface area contributed by atoms with Crippen LogP contribution in [-0.4, -0.2) is 0 Å². The predicted octanol–water partition coefficient (Wildman–Crippen LogP) is 5.04. The first-order valence-corrected chi connectivity index (χ1v) is 6.06. The molecule has 0 aromatic carbocycles. The van der Waals surface area contributed by atoms with E-state index in [1.54, 1.807) is 11.1 Å². The van der Waals surface area contributed by atoms with Crippen molar-refractivity contribution in [2.24, 2.45) is 5.92 Å². The lowest BCUT2D eigenvalue weighted by Crippen LogP contribution is -2.06. The molecule has 1 aliphatic rings. The van der Waals surface area contributed by atoms with Crippen molar-refractivity contribution in [2.75, 3.05) is 0 Å². The lowest BCUT2D eigenvalue weighted by atomic mass is 9.85. The third-order valence-corrected chi connectivity index (χ3v) is 3.32. The van der Waals surface area contributed by atoms with E-state index in [2.05, 4.69) is 39.5 Å². The van der Waals surface area contributed by atoms with E-state index in [4.69, 9.17) is 0 Å². The summed E-state index contributed by atoms with van der Waals surface area (Å²) in [6, 6.07) is 0. The Morgan fingerprint density at radius 1 is 1.53 bits per heavy atom. The van der Waals surface area contributed by atoms with Crippen molar-refractivity contribution in [1.29, 1.82) is 0 Å². The summed E-state index contributed by atoms with van der Waals surface area (Å²) < 4.78 is 0. The molecule has 0 heteroatoms. The summed E-state index contributed by atoms with van der Waals surface area (Å²) in [6.45, 7) is 10.6. The number of rotatable bonds is 4. The molecule has 1 atom stereocenters. The summed E-state index contributed by atoms with van der Waals surface area (Å²) in [6.07, 6.45) is 11.0. The Labute approximate surface area is 94.8 Å². The first-order valence-electron chi connectivity index (χ1n) is 6.06. The fourth-order valence-electron chi connectivity index (χ4n) is 2.09. The topological polar surface area (TPSA) is 0 Å². The van der Waals surface area contributed by atoms with Gasteiger partial charge in [-0.2, -0.15) is 0 Å². The third-order valence-electron chi connectivity index (χ3n) is 3.32. The zero-order valence-corrected chi connectivity index (χ0v) is 10.5. The molecule has 0 saturated heterocycles. The zero-order chi connectivity index (χ0) is 11.3. The van der Waals surface area contributed by atoms with Gasteiger partial charge in [0.1, 0.15) is 0 Å². The summed E-state index contributed by atoms with van der Waals surface area (Å²) in [5.74, 6) is 0.804. The SMILES string of the molecule is C=C(C)CCC=C(C)C1CC=C(C)CC1. The van der Waals surface area contributed by atoms with Gasteiger partial charge >= 0.3 is 0 Å². The Morgan fingerprint density at radius 3 is 2.80 bits per heavy atom. The number of allylic oxidation sites excluding steroid dienone is 5. The molecule has 0 radical (unpaired) electrons. The quantitative estimate of drug-likeness (QED) is 0.563. The van der Waals surface area contributed by atoms with Gasteiger partial charge in [-0.05, 0) is 58.8 Å². The molecule has 1 rings (SSSR count). The molecule has 0 aromatic rings. The van der Waals surface area contributed by atoms with Gasteiger partial charge in [-0.1, -0.05) is 28.9 Å². The molecule has 0 aromatic heterocycles. The highest BCUT2D eigenvalue weighted by Gasteiger charge is 2.13. The van der Waals surface area contributed by atoms with E-state index in [1.165, 1.54) is 31.3 Å². The second-order valence-corrected chi connectivity index (χ2v) is 4.97.